The minimum atomic E-state index is -2.47. The van der Waals surface area contributed by atoms with Crippen molar-refractivity contribution in [2.45, 2.75) is 0 Å². The number of quaternary nitrogens is 1. The van der Waals surface area contributed by atoms with Gasteiger partial charge in [-0.05, 0) is 0 Å². The molecule has 0 radical (unpaired) electrons. The second-order valence-electron chi connectivity index (χ2n) is 2.02. The van der Waals surface area contributed by atoms with Gasteiger partial charge in [0.1, 0.15) is 0 Å². The van der Waals surface area contributed by atoms with E-state index in [-0.39, 0.29) is 12.8 Å². The summed E-state index contributed by atoms with van der Waals surface area (Å²) >= 11 is 0. The highest BCUT2D eigenvalue weighted by Gasteiger charge is 2.13. The van der Waals surface area contributed by atoms with E-state index >= 15 is 0 Å². The number of nitrogens with one attached hydrogen (secondary N) is 1. The summed E-state index contributed by atoms with van der Waals surface area (Å²) in [6.45, 7) is -0.163. The molecule has 0 heterocycles. The third kappa shape index (κ3) is 5.62. The number of hydrogen-bond donors (Lipinski definition) is 2. The lowest BCUT2D eigenvalue weighted by molar-refractivity contribution is -0.860. The molecule has 0 aromatic heterocycles. The summed E-state index contributed by atoms with van der Waals surface area (Å²) in [6.07, 6.45) is -0.123. The minimum absolute atomic E-state index is 0.123. The van der Waals surface area contributed by atoms with Crippen LogP contribution in [0, 0.1) is 0 Å². The highest BCUT2D eigenvalue weighted by molar-refractivity contribution is 7.36. The van der Waals surface area contributed by atoms with Gasteiger partial charge in [0, 0.05) is 0 Å². The molecule has 0 bridgehead atoms. The molecule has 0 aromatic rings. The molecule has 0 aliphatic heterocycles. The predicted octanol–water partition coefficient (Wildman–Crippen LogP) is -2.35. The van der Waals surface area contributed by atoms with Gasteiger partial charge >= 0.3 is 14.0 Å². The Kier molecular flexibility index (Phi) is 4.11. The maximum absolute atomic E-state index is 10.0. The number of carboxylic acids is 1. The molecule has 0 aromatic carbocycles. The van der Waals surface area contributed by atoms with E-state index in [9.17, 15) is 14.3 Å². The molecule has 0 saturated heterocycles. The van der Waals surface area contributed by atoms with Crippen LogP contribution in [0.5, 0.6) is 0 Å². The molecule has 6 heteroatoms. The summed E-state index contributed by atoms with van der Waals surface area (Å²) in [7, 11) is -0.958. The van der Waals surface area contributed by atoms with Crippen LogP contribution in [-0.4, -0.2) is 31.0 Å². The molecule has 10 heavy (non-hydrogen) atoms. The van der Waals surface area contributed by atoms with Gasteiger partial charge in [0.15, 0.2) is 6.54 Å². The van der Waals surface area contributed by atoms with E-state index in [1.165, 1.54) is 7.05 Å². The quantitative estimate of drug-likeness (QED) is 0.458. The first kappa shape index (κ1) is 9.49. The van der Waals surface area contributed by atoms with Crippen LogP contribution >= 0.6 is 8.03 Å². The van der Waals surface area contributed by atoms with Crippen LogP contribution in [0.15, 0.2) is 0 Å². The molecule has 0 saturated carbocycles. The second kappa shape index (κ2) is 4.33. The number of rotatable bonds is 4. The maximum atomic E-state index is 10.0. The first-order chi connectivity index (χ1) is 4.52. The molecule has 0 fully saturated rings. The predicted molar refractivity (Wildman–Crippen MR) is 31.9 cm³/mol. The van der Waals surface area contributed by atoms with Gasteiger partial charge in [0.05, 0.1) is 7.05 Å². The van der Waals surface area contributed by atoms with Crippen LogP contribution < -0.4 is 9.79 Å². The van der Waals surface area contributed by atoms with Gasteiger partial charge < -0.3 is 10.00 Å². The monoisotopic (exact) mass is 166 g/mol. The zero-order chi connectivity index (χ0) is 8.15. The molecule has 0 aliphatic carbocycles. The Morgan fingerprint density at radius 1 is 1.80 bits per heavy atom. The summed E-state index contributed by atoms with van der Waals surface area (Å²) in [5.74, 6) is -0.991. The van der Waals surface area contributed by atoms with E-state index in [4.69, 9.17) is 5.11 Å². The van der Waals surface area contributed by atoms with Crippen molar-refractivity contribution in [2.75, 3.05) is 19.9 Å². The molecule has 0 aliphatic rings. The lowest BCUT2D eigenvalue weighted by atomic mass is 10.6. The number of aliphatic carboxylic acids is 1. The zero-order valence-corrected chi connectivity index (χ0v) is 6.43. The van der Waals surface area contributed by atoms with Crippen molar-refractivity contribution in [3.63, 3.8) is 0 Å². The number of carboxylic acid groups (broad SMARTS) is 1. The highest BCUT2D eigenvalue weighted by Crippen LogP contribution is 1.97. The van der Waals surface area contributed by atoms with E-state index in [0.29, 0.717) is 4.90 Å². The molecule has 2 atom stereocenters. The van der Waals surface area contributed by atoms with E-state index in [2.05, 4.69) is 0 Å². The summed E-state index contributed by atoms with van der Waals surface area (Å²) in [6, 6.07) is 0. The van der Waals surface area contributed by atoms with Crippen molar-refractivity contribution in [3.05, 3.63) is 0 Å². The number of carbonyl (C=O) groups is 1. The van der Waals surface area contributed by atoms with Crippen molar-refractivity contribution in [2.24, 2.45) is 0 Å². The molecule has 0 amide bonds. The Labute approximate surface area is 59.1 Å². The fourth-order valence-electron chi connectivity index (χ4n) is 0.534. The largest absolute Gasteiger partial charge is 0.591 e. The third-order valence-electron chi connectivity index (χ3n) is 0.852. The summed E-state index contributed by atoms with van der Waals surface area (Å²) in [4.78, 5) is 20.4. The molecule has 0 spiro atoms. The van der Waals surface area contributed by atoms with Crippen LogP contribution in [0.4, 0.5) is 0 Å². The van der Waals surface area contributed by atoms with E-state index < -0.39 is 14.0 Å². The third-order valence-corrected chi connectivity index (χ3v) is 1.65. The Balaban J connectivity index is 3.53. The highest BCUT2D eigenvalue weighted by atomic mass is 31.1. The van der Waals surface area contributed by atoms with Gasteiger partial charge in [-0.2, -0.15) is 0 Å². The Bertz CT molecular complexity index is 132. The van der Waals surface area contributed by atoms with Crippen LogP contribution in [0.2, 0.25) is 0 Å². The first-order valence-corrected chi connectivity index (χ1v) is 4.03. The summed E-state index contributed by atoms with van der Waals surface area (Å²) in [5, 5.41) is 8.18. The molecule has 5 nitrogen and oxygen atoms in total. The average Bonchev–Trinajstić information content (AvgIpc) is 1.58. The molecular weight excluding hydrogens is 157 g/mol. The van der Waals surface area contributed by atoms with Crippen LogP contribution in [0.1, 0.15) is 0 Å². The van der Waals surface area contributed by atoms with E-state index in [1.54, 1.807) is 0 Å². The van der Waals surface area contributed by atoms with Gasteiger partial charge in [-0.1, -0.05) is 4.57 Å². The Morgan fingerprint density at radius 2 is 2.30 bits per heavy atom. The van der Waals surface area contributed by atoms with Crippen molar-refractivity contribution in [3.8, 4) is 0 Å². The van der Waals surface area contributed by atoms with Gasteiger partial charge in [-0.15, -0.1) is 0 Å². The standard InChI is InChI=1S/C4H8NO4P/c1-5(2-4(6)7)3-10(8)9/h2-3H2,1H3,(H,6,7)/p+1. The summed E-state index contributed by atoms with van der Waals surface area (Å²) in [5.41, 5.74) is 0. The van der Waals surface area contributed by atoms with Gasteiger partial charge in [0.25, 0.3) is 6.29 Å². The molecular formula is C4H9NO4P+. The average molecular weight is 166 g/mol. The smallest absolute Gasteiger partial charge is 0.369 e. The number of hydrogen-bond acceptors (Lipinski definition) is 3. The fourth-order valence-corrected chi connectivity index (χ4v) is 1.09. The topological polar surface area (TPSA) is 81.9 Å². The Morgan fingerprint density at radius 3 is 2.60 bits per heavy atom. The fraction of sp³-hybridized carbons (Fsp3) is 0.750. The molecule has 0 rings (SSSR count). The van der Waals surface area contributed by atoms with Crippen molar-refractivity contribution in [1.29, 1.82) is 0 Å². The molecule has 58 valence electrons. The second-order valence-corrected chi connectivity index (χ2v) is 3.00. The zero-order valence-electron chi connectivity index (χ0n) is 5.53. The Hall–Kier alpha value is -0.510. The molecule has 2 N–H and O–H groups in total. The minimum Gasteiger partial charge on any atom is -0.591 e. The van der Waals surface area contributed by atoms with Crippen LogP contribution in [0.3, 0.4) is 0 Å². The lowest BCUT2D eigenvalue weighted by Crippen LogP contribution is -3.09. The normalized spacial score (nSPS) is 14.4. The summed E-state index contributed by atoms with van der Waals surface area (Å²) < 4.78 is 10.0. The van der Waals surface area contributed by atoms with Gasteiger partial charge in [0.2, 0.25) is 0 Å². The van der Waals surface area contributed by atoms with Crippen molar-refractivity contribution >= 4 is 14.0 Å². The van der Waals surface area contributed by atoms with Crippen LogP contribution in [0.25, 0.3) is 0 Å². The van der Waals surface area contributed by atoms with E-state index in [0.717, 1.165) is 0 Å². The van der Waals surface area contributed by atoms with Gasteiger partial charge in [-0.3, -0.25) is 4.90 Å². The van der Waals surface area contributed by atoms with Crippen molar-refractivity contribution in [1.82, 2.24) is 0 Å². The molecule has 2 unspecified atom stereocenters. The van der Waals surface area contributed by atoms with Gasteiger partial charge in [-0.25, -0.2) is 4.79 Å². The maximum Gasteiger partial charge on any atom is 0.369 e. The van der Waals surface area contributed by atoms with E-state index in [1.807, 2.05) is 0 Å². The lowest BCUT2D eigenvalue weighted by Gasteiger charge is -2.03. The van der Waals surface area contributed by atoms with Crippen LogP contribution in [-0.2, 0) is 9.36 Å². The first-order valence-electron chi connectivity index (χ1n) is 2.67. The number of likely N-dealkylation sites (N-methyl/N-ethyl adjacent to an activating group) is 1. The SMILES string of the molecule is C[NH+](CC(=O)O)C[P+](=O)[O-]. The van der Waals surface area contributed by atoms with Crippen molar-refractivity contribution < 1.29 is 24.3 Å².